The highest BCUT2D eigenvalue weighted by atomic mass is 32.1. The zero-order chi connectivity index (χ0) is 15.0. The Labute approximate surface area is 127 Å². The Balaban J connectivity index is 2.91. The lowest BCUT2D eigenvalue weighted by Gasteiger charge is -2.06. The van der Waals surface area contributed by atoms with Crippen LogP contribution >= 0.6 is 11.3 Å². The van der Waals surface area contributed by atoms with Crippen LogP contribution in [-0.4, -0.2) is 24.9 Å². The molecule has 0 saturated heterocycles. The van der Waals surface area contributed by atoms with E-state index < -0.39 is 0 Å². The van der Waals surface area contributed by atoms with Gasteiger partial charge in [0.2, 0.25) is 5.91 Å². The highest BCUT2D eigenvalue weighted by Crippen LogP contribution is 2.27. The van der Waals surface area contributed by atoms with Gasteiger partial charge in [0.1, 0.15) is 0 Å². The molecular formula is C17H27NOS. The summed E-state index contributed by atoms with van der Waals surface area (Å²) in [5, 5.41) is 2.28. The van der Waals surface area contributed by atoms with Crippen LogP contribution in [0, 0.1) is 0 Å². The maximum absolute atomic E-state index is 11.7. The largest absolute Gasteiger partial charge is 0.345 e. The van der Waals surface area contributed by atoms with Crippen molar-refractivity contribution < 1.29 is 4.79 Å². The van der Waals surface area contributed by atoms with Crippen LogP contribution < -0.4 is 0 Å². The van der Waals surface area contributed by atoms with Gasteiger partial charge in [-0.1, -0.05) is 26.7 Å². The molecule has 112 valence electrons. The van der Waals surface area contributed by atoms with Gasteiger partial charge in [0, 0.05) is 25.0 Å². The maximum Gasteiger partial charge on any atom is 0.246 e. The number of aryl methyl sites for hydroxylation is 2. The Kier molecular flexibility index (Phi) is 7.60. The van der Waals surface area contributed by atoms with E-state index in [1.807, 2.05) is 17.4 Å². The molecule has 0 saturated carbocycles. The molecule has 1 heterocycles. The van der Waals surface area contributed by atoms with Crippen molar-refractivity contribution in [1.82, 2.24) is 4.90 Å². The van der Waals surface area contributed by atoms with Gasteiger partial charge in [-0.2, -0.15) is 0 Å². The molecule has 1 aromatic heterocycles. The third-order valence-corrected chi connectivity index (χ3v) is 4.49. The lowest BCUT2D eigenvalue weighted by atomic mass is 10.0. The molecule has 0 spiro atoms. The molecule has 0 atom stereocenters. The third-order valence-electron chi connectivity index (χ3n) is 3.38. The summed E-state index contributed by atoms with van der Waals surface area (Å²) in [7, 11) is 3.58. The summed E-state index contributed by atoms with van der Waals surface area (Å²) in [5.41, 5.74) is 2.71. The number of thiophene rings is 1. The van der Waals surface area contributed by atoms with Crippen molar-refractivity contribution in [3.63, 3.8) is 0 Å². The molecule has 0 aliphatic rings. The zero-order valence-electron chi connectivity index (χ0n) is 13.2. The standard InChI is InChI=1S/C17H27NOS/c1-5-7-9-14-13-20-16(10-8-6-2)15(14)11-12-17(19)18(3)4/h11-13H,5-10H2,1-4H3/b12-11+. The van der Waals surface area contributed by atoms with Crippen LogP contribution in [-0.2, 0) is 17.6 Å². The van der Waals surface area contributed by atoms with Crippen molar-refractivity contribution in [2.75, 3.05) is 14.1 Å². The highest BCUT2D eigenvalue weighted by Gasteiger charge is 2.09. The molecule has 0 N–H and O–H groups in total. The predicted molar refractivity (Wildman–Crippen MR) is 89.3 cm³/mol. The summed E-state index contributed by atoms with van der Waals surface area (Å²) in [6.07, 6.45) is 10.8. The second-order valence-electron chi connectivity index (χ2n) is 5.37. The van der Waals surface area contributed by atoms with Crippen molar-refractivity contribution in [2.45, 2.75) is 52.4 Å². The van der Waals surface area contributed by atoms with E-state index in [1.54, 1.807) is 25.1 Å². The summed E-state index contributed by atoms with van der Waals surface area (Å²) in [6, 6.07) is 0. The Morgan fingerprint density at radius 3 is 2.45 bits per heavy atom. The van der Waals surface area contributed by atoms with Crippen molar-refractivity contribution in [3.8, 4) is 0 Å². The molecule has 0 aliphatic heterocycles. The van der Waals surface area contributed by atoms with Gasteiger partial charge in [-0.3, -0.25) is 4.79 Å². The second kappa shape index (κ2) is 8.96. The average Bonchev–Trinajstić information content (AvgIpc) is 2.82. The van der Waals surface area contributed by atoms with Crippen LogP contribution in [0.1, 0.15) is 55.5 Å². The number of carbonyl (C=O) groups is 1. The molecule has 3 heteroatoms. The van der Waals surface area contributed by atoms with Gasteiger partial charge >= 0.3 is 0 Å². The van der Waals surface area contributed by atoms with E-state index in [9.17, 15) is 4.79 Å². The second-order valence-corrected chi connectivity index (χ2v) is 6.34. The number of nitrogens with zero attached hydrogens (tertiary/aromatic N) is 1. The van der Waals surface area contributed by atoms with E-state index in [1.165, 1.54) is 41.7 Å². The molecule has 0 unspecified atom stereocenters. The molecule has 1 aromatic rings. The quantitative estimate of drug-likeness (QED) is 0.645. The minimum atomic E-state index is 0.0547. The molecule has 0 aliphatic carbocycles. The fourth-order valence-corrected chi connectivity index (χ4v) is 3.16. The molecule has 20 heavy (non-hydrogen) atoms. The van der Waals surface area contributed by atoms with Gasteiger partial charge in [0.25, 0.3) is 0 Å². The molecule has 0 bridgehead atoms. The summed E-state index contributed by atoms with van der Waals surface area (Å²) in [4.78, 5) is 14.8. The molecule has 1 rings (SSSR count). The van der Waals surface area contributed by atoms with E-state index in [0.717, 1.165) is 12.8 Å². The van der Waals surface area contributed by atoms with E-state index >= 15 is 0 Å². The van der Waals surface area contributed by atoms with Crippen LogP contribution in [0.3, 0.4) is 0 Å². The van der Waals surface area contributed by atoms with E-state index in [4.69, 9.17) is 0 Å². The maximum atomic E-state index is 11.7. The Bertz CT molecular complexity index is 420. The Morgan fingerprint density at radius 1 is 1.20 bits per heavy atom. The van der Waals surface area contributed by atoms with Crippen LogP contribution in [0.5, 0.6) is 0 Å². The van der Waals surface area contributed by atoms with E-state index in [0.29, 0.717) is 0 Å². The smallest absolute Gasteiger partial charge is 0.246 e. The number of rotatable bonds is 8. The Hall–Kier alpha value is -1.09. The number of amides is 1. The monoisotopic (exact) mass is 293 g/mol. The number of hydrogen-bond acceptors (Lipinski definition) is 2. The molecule has 0 radical (unpaired) electrons. The van der Waals surface area contributed by atoms with Crippen molar-refractivity contribution in [3.05, 3.63) is 27.5 Å². The molecule has 0 fully saturated rings. The highest BCUT2D eigenvalue weighted by molar-refractivity contribution is 7.10. The summed E-state index contributed by atoms with van der Waals surface area (Å²) in [6.45, 7) is 4.44. The first kappa shape index (κ1) is 17.0. The van der Waals surface area contributed by atoms with Gasteiger partial charge in [-0.25, -0.2) is 0 Å². The molecule has 1 amide bonds. The lowest BCUT2D eigenvalue weighted by Crippen LogP contribution is -2.18. The van der Waals surface area contributed by atoms with Gasteiger partial charge in [0.05, 0.1) is 0 Å². The zero-order valence-corrected chi connectivity index (χ0v) is 14.1. The van der Waals surface area contributed by atoms with Crippen LogP contribution in [0.15, 0.2) is 11.5 Å². The number of likely N-dealkylation sites (N-methyl/N-ethyl adjacent to an activating group) is 1. The minimum absolute atomic E-state index is 0.0547. The number of hydrogen-bond donors (Lipinski definition) is 0. The number of unbranched alkanes of at least 4 members (excludes halogenated alkanes) is 2. The fraction of sp³-hybridized carbons (Fsp3) is 0.588. The summed E-state index contributed by atoms with van der Waals surface area (Å²) < 4.78 is 0. The minimum Gasteiger partial charge on any atom is -0.345 e. The van der Waals surface area contributed by atoms with Crippen molar-refractivity contribution in [2.24, 2.45) is 0 Å². The molecule has 2 nitrogen and oxygen atoms in total. The SMILES string of the molecule is CCCCc1csc(CCCC)c1/C=C/C(=O)N(C)C. The van der Waals surface area contributed by atoms with Crippen LogP contribution in [0.4, 0.5) is 0 Å². The number of carbonyl (C=O) groups excluding carboxylic acids is 1. The third kappa shape index (κ3) is 5.12. The lowest BCUT2D eigenvalue weighted by molar-refractivity contribution is -0.123. The first-order chi connectivity index (χ1) is 9.60. The molecule has 0 aromatic carbocycles. The summed E-state index contributed by atoms with van der Waals surface area (Å²) >= 11 is 1.85. The average molecular weight is 293 g/mol. The normalized spacial score (nSPS) is 11.2. The first-order valence-corrected chi connectivity index (χ1v) is 8.46. The van der Waals surface area contributed by atoms with Crippen molar-refractivity contribution >= 4 is 23.3 Å². The summed E-state index contributed by atoms with van der Waals surface area (Å²) in [5.74, 6) is 0.0547. The van der Waals surface area contributed by atoms with Gasteiger partial charge in [-0.05, 0) is 48.3 Å². The van der Waals surface area contributed by atoms with Gasteiger partial charge in [-0.15, -0.1) is 11.3 Å². The first-order valence-electron chi connectivity index (χ1n) is 7.58. The van der Waals surface area contributed by atoms with Crippen LogP contribution in [0.2, 0.25) is 0 Å². The van der Waals surface area contributed by atoms with Gasteiger partial charge in [0.15, 0.2) is 0 Å². The van der Waals surface area contributed by atoms with Crippen LogP contribution in [0.25, 0.3) is 6.08 Å². The van der Waals surface area contributed by atoms with Gasteiger partial charge < -0.3 is 4.90 Å². The van der Waals surface area contributed by atoms with E-state index in [-0.39, 0.29) is 5.91 Å². The van der Waals surface area contributed by atoms with E-state index in [2.05, 4.69) is 19.2 Å². The van der Waals surface area contributed by atoms with Crippen molar-refractivity contribution in [1.29, 1.82) is 0 Å². The predicted octanol–water partition coefficient (Wildman–Crippen LogP) is 4.53. The Morgan fingerprint density at radius 2 is 1.85 bits per heavy atom. The topological polar surface area (TPSA) is 20.3 Å². The molecular weight excluding hydrogens is 266 g/mol. The fourth-order valence-electron chi connectivity index (χ4n) is 2.04.